The third-order valence-corrected chi connectivity index (χ3v) is 10.3. The molecule has 2 aliphatic rings. The maximum Gasteiger partial charge on any atom is 0.398 e. The minimum atomic E-state index is -4.27. The average molecular weight is 611 g/mol. The topological polar surface area (TPSA) is 75.2 Å². The van der Waals surface area contributed by atoms with Crippen LogP contribution in [0.25, 0.3) is 0 Å². The summed E-state index contributed by atoms with van der Waals surface area (Å²) in [7, 11) is -0.208. The van der Waals surface area contributed by atoms with E-state index in [2.05, 4.69) is 15.3 Å². The minimum absolute atomic E-state index is 0.0322. The maximum absolute atomic E-state index is 15.1. The normalized spacial score (nSPS) is 22.5. The zero-order chi connectivity index (χ0) is 29.6. The van der Waals surface area contributed by atoms with Crippen LogP contribution >= 0.6 is 11.6 Å². The van der Waals surface area contributed by atoms with Crippen molar-refractivity contribution in [2.45, 2.75) is 72.3 Å². The number of hydrogen-bond acceptors (Lipinski definition) is 6. The quantitative estimate of drug-likeness (QED) is 0.293. The molecule has 0 amide bonds. The van der Waals surface area contributed by atoms with Gasteiger partial charge in [0.05, 0.1) is 27.6 Å². The zero-order valence-electron chi connectivity index (χ0n) is 22.6. The first kappa shape index (κ1) is 29.7. The van der Waals surface area contributed by atoms with Gasteiger partial charge in [0.15, 0.2) is 9.84 Å². The summed E-state index contributed by atoms with van der Waals surface area (Å²) in [6.07, 6.45) is 0.665. The van der Waals surface area contributed by atoms with E-state index < -0.39 is 37.9 Å². The van der Waals surface area contributed by atoms with E-state index in [0.29, 0.717) is 18.4 Å². The van der Waals surface area contributed by atoms with Crippen LogP contribution in [0.2, 0.25) is 5.02 Å². The number of sulfone groups is 1. The zero-order valence-corrected chi connectivity index (χ0v) is 24.2. The molecule has 0 spiro atoms. The molecule has 2 fully saturated rings. The number of nitrogens with one attached hydrogen (secondary N) is 1. The van der Waals surface area contributed by atoms with Gasteiger partial charge >= 0.3 is 6.18 Å². The van der Waals surface area contributed by atoms with Gasteiger partial charge in [0, 0.05) is 18.3 Å². The summed E-state index contributed by atoms with van der Waals surface area (Å²) in [5.74, 6) is -1.35. The van der Waals surface area contributed by atoms with Gasteiger partial charge in [-0.3, -0.25) is 0 Å². The standard InChI is InChI=1S/C29H31ClF4N4O2S/c1-38(2)26-13-19(18-4-3-5-20(12-18)28(9-10-28)29(32,33)34)6-7-24(26)37-25-15-23(31)27(14-22(25)30)41(39,40)16-21-8-11-35-17-36-21/h3-5,8,11-12,14-15,17,19,24,26,37H,6-7,9-10,13,16H2,1-2H3/t19-,24-,26-/m0/s1. The summed E-state index contributed by atoms with van der Waals surface area (Å²) in [6, 6.07) is 10.4. The van der Waals surface area contributed by atoms with Gasteiger partial charge < -0.3 is 10.2 Å². The second-order valence-electron chi connectivity index (χ2n) is 11.2. The highest BCUT2D eigenvalue weighted by Crippen LogP contribution is 2.59. The van der Waals surface area contributed by atoms with E-state index in [1.165, 1.54) is 18.6 Å². The summed E-state index contributed by atoms with van der Waals surface area (Å²) in [5, 5.41) is 3.38. The van der Waals surface area contributed by atoms with Gasteiger partial charge in [0.2, 0.25) is 0 Å². The van der Waals surface area contributed by atoms with Gasteiger partial charge in [-0.25, -0.2) is 22.8 Å². The Kier molecular flexibility index (Phi) is 8.08. The first-order valence-corrected chi connectivity index (χ1v) is 15.4. The second kappa shape index (κ2) is 11.1. The van der Waals surface area contributed by atoms with Crippen LogP contribution in [0.1, 0.15) is 54.8 Å². The summed E-state index contributed by atoms with van der Waals surface area (Å²) >= 11 is 6.46. The molecule has 0 saturated heterocycles. The van der Waals surface area contributed by atoms with E-state index in [4.69, 9.17) is 11.6 Å². The number of likely N-dealkylation sites (N-methyl/N-ethyl adjacent to an activating group) is 1. The van der Waals surface area contributed by atoms with Gasteiger partial charge in [-0.05, 0) is 81.4 Å². The van der Waals surface area contributed by atoms with Gasteiger partial charge in [-0.1, -0.05) is 35.9 Å². The Balaban J connectivity index is 1.33. The van der Waals surface area contributed by atoms with Crippen LogP contribution in [0.15, 0.2) is 59.9 Å². The Morgan fingerprint density at radius 2 is 1.88 bits per heavy atom. The molecule has 3 atom stereocenters. The van der Waals surface area contributed by atoms with Crippen molar-refractivity contribution in [2.24, 2.45) is 0 Å². The molecule has 6 nitrogen and oxygen atoms in total. The molecule has 0 bridgehead atoms. The van der Waals surface area contributed by atoms with Crippen LogP contribution in [0.5, 0.6) is 0 Å². The van der Waals surface area contributed by atoms with E-state index in [1.807, 2.05) is 25.1 Å². The molecule has 5 rings (SSSR count). The van der Waals surface area contributed by atoms with Crippen molar-refractivity contribution in [3.8, 4) is 0 Å². The fourth-order valence-corrected chi connectivity index (χ4v) is 7.54. The Morgan fingerprint density at radius 1 is 1.12 bits per heavy atom. The molecule has 41 heavy (non-hydrogen) atoms. The van der Waals surface area contributed by atoms with Crippen molar-refractivity contribution in [1.29, 1.82) is 0 Å². The van der Waals surface area contributed by atoms with Gasteiger partial charge in [0.25, 0.3) is 0 Å². The summed E-state index contributed by atoms with van der Waals surface area (Å²) in [5.41, 5.74) is 0.0209. The lowest BCUT2D eigenvalue weighted by Crippen LogP contribution is -2.47. The monoisotopic (exact) mass is 610 g/mol. The van der Waals surface area contributed by atoms with E-state index >= 15 is 4.39 Å². The molecule has 2 aliphatic carbocycles. The van der Waals surface area contributed by atoms with E-state index in [0.717, 1.165) is 24.1 Å². The van der Waals surface area contributed by atoms with E-state index in [9.17, 15) is 21.6 Å². The lowest BCUT2D eigenvalue weighted by molar-refractivity contribution is -0.160. The van der Waals surface area contributed by atoms with Gasteiger partial charge in [0.1, 0.15) is 17.0 Å². The number of alkyl halides is 3. The summed E-state index contributed by atoms with van der Waals surface area (Å²) in [6.45, 7) is 0. The predicted molar refractivity (Wildman–Crippen MR) is 149 cm³/mol. The number of anilines is 1. The molecule has 1 N–H and O–H groups in total. The van der Waals surface area contributed by atoms with E-state index in [1.54, 1.807) is 18.2 Å². The molecular weight excluding hydrogens is 580 g/mol. The van der Waals surface area contributed by atoms with Crippen molar-refractivity contribution in [1.82, 2.24) is 14.9 Å². The van der Waals surface area contributed by atoms with Gasteiger partial charge in [-0.2, -0.15) is 13.2 Å². The lowest BCUT2D eigenvalue weighted by atomic mass is 9.77. The number of halogens is 5. The molecule has 1 heterocycles. The van der Waals surface area contributed by atoms with Crippen LogP contribution in [-0.2, 0) is 21.0 Å². The third-order valence-electron chi connectivity index (χ3n) is 8.36. The molecule has 0 aliphatic heterocycles. The Bertz CT molecular complexity index is 1510. The van der Waals surface area contributed by atoms with Crippen molar-refractivity contribution in [3.05, 3.63) is 82.6 Å². The van der Waals surface area contributed by atoms with Crippen molar-refractivity contribution < 1.29 is 26.0 Å². The molecule has 2 saturated carbocycles. The second-order valence-corrected chi connectivity index (χ2v) is 13.6. The smallest absolute Gasteiger partial charge is 0.379 e. The third kappa shape index (κ3) is 6.08. The molecule has 0 unspecified atom stereocenters. The molecule has 12 heteroatoms. The first-order valence-electron chi connectivity index (χ1n) is 13.4. The van der Waals surface area contributed by atoms with Crippen LogP contribution in [0.4, 0.5) is 23.2 Å². The molecule has 220 valence electrons. The minimum Gasteiger partial charge on any atom is -0.379 e. The number of nitrogens with zero attached hydrogens (tertiary/aromatic N) is 3. The Hall–Kier alpha value is -2.76. The SMILES string of the molecule is CN(C)[C@H]1C[C@@H](c2cccc(C3(C(F)(F)F)CC3)c2)CC[C@@H]1Nc1cc(F)c(S(=O)(=O)Cc2ccncn2)cc1Cl. The predicted octanol–water partition coefficient (Wildman–Crippen LogP) is 6.52. The Labute approximate surface area is 242 Å². The lowest BCUT2D eigenvalue weighted by Gasteiger charge is -2.41. The molecular formula is C29H31ClF4N4O2S. The largest absolute Gasteiger partial charge is 0.398 e. The van der Waals surface area contributed by atoms with E-state index in [-0.39, 0.29) is 47.2 Å². The fraction of sp³-hybridized carbons (Fsp3) is 0.448. The number of hydrogen-bond donors (Lipinski definition) is 1. The van der Waals surface area contributed by atoms with Gasteiger partial charge in [-0.15, -0.1) is 0 Å². The van der Waals surface area contributed by atoms with Crippen LogP contribution < -0.4 is 5.32 Å². The van der Waals surface area contributed by atoms with Crippen molar-refractivity contribution in [3.63, 3.8) is 0 Å². The molecule has 0 radical (unpaired) electrons. The molecule has 1 aromatic heterocycles. The first-order chi connectivity index (χ1) is 19.3. The van der Waals surface area contributed by atoms with Crippen molar-refractivity contribution >= 4 is 27.1 Å². The van der Waals surface area contributed by atoms with Crippen molar-refractivity contribution in [2.75, 3.05) is 19.4 Å². The van der Waals surface area contributed by atoms with Crippen LogP contribution in [-0.4, -0.2) is 55.6 Å². The number of benzene rings is 2. The fourth-order valence-electron chi connectivity index (χ4n) is 5.89. The highest BCUT2D eigenvalue weighted by atomic mass is 35.5. The molecule has 2 aromatic carbocycles. The Morgan fingerprint density at radius 3 is 2.51 bits per heavy atom. The maximum atomic E-state index is 15.1. The summed E-state index contributed by atoms with van der Waals surface area (Å²) < 4.78 is 82.1. The average Bonchev–Trinajstić information content (AvgIpc) is 3.74. The number of rotatable bonds is 8. The number of aromatic nitrogens is 2. The highest BCUT2D eigenvalue weighted by molar-refractivity contribution is 7.90. The van der Waals surface area contributed by atoms with Crippen LogP contribution in [0, 0.1) is 5.82 Å². The van der Waals surface area contributed by atoms with Crippen LogP contribution in [0.3, 0.4) is 0 Å². The highest BCUT2D eigenvalue weighted by Gasteiger charge is 2.64. The summed E-state index contributed by atoms with van der Waals surface area (Å²) in [4.78, 5) is 9.20. The molecule has 3 aromatic rings.